The summed E-state index contributed by atoms with van der Waals surface area (Å²) in [4.78, 5) is 37.9. The highest BCUT2D eigenvalue weighted by Crippen LogP contribution is 2.28. The molecule has 1 saturated heterocycles. The second-order valence-electron chi connectivity index (χ2n) is 9.92. The van der Waals surface area contributed by atoms with E-state index < -0.39 is 11.5 Å². The van der Waals surface area contributed by atoms with Crippen LogP contribution in [0.25, 0.3) is 27.8 Å². The van der Waals surface area contributed by atoms with Crippen molar-refractivity contribution < 1.29 is 4.79 Å². The molecule has 204 valence electrons. The first kappa shape index (κ1) is 25.6. The Kier molecular flexibility index (Phi) is 6.51. The molecule has 0 unspecified atom stereocenters. The molecule has 40 heavy (non-hydrogen) atoms. The molecule has 0 atom stereocenters. The number of nitrogens with two attached hydrogens (primary N) is 1. The van der Waals surface area contributed by atoms with Crippen molar-refractivity contribution in [3.05, 3.63) is 81.5 Å². The summed E-state index contributed by atoms with van der Waals surface area (Å²) < 4.78 is 3.08. The standard InChI is InChI=1S/C28H28ClN9O2/c1-16-24(28(40)38(36(16)2)23-6-4-3-5-20(23)29)27(39)33-19-9-11-37(12-10-19)26-25(30)31-15-22(34-26)17-7-8-18-14-32-35-21(18)13-17/h3-8,13-15,19H,9-12H2,1-2H3,(H2,30,31)(H,32,35)(H,33,39). The van der Waals surface area contributed by atoms with Gasteiger partial charge in [-0.15, -0.1) is 0 Å². The van der Waals surface area contributed by atoms with Gasteiger partial charge in [0.15, 0.2) is 11.6 Å². The van der Waals surface area contributed by atoms with Crippen LogP contribution in [-0.2, 0) is 7.05 Å². The van der Waals surface area contributed by atoms with Crippen LogP contribution in [-0.4, -0.2) is 54.6 Å². The first-order chi connectivity index (χ1) is 19.3. The van der Waals surface area contributed by atoms with Crippen LogP contribution >= 0.6 is 11.6 Å². The summed E-state index contributed by atoms with van der Waals surface area (Å²) in [6.45, 7) is 3.01. The number of carbonyl (C=O) groups is 1. The third kappa shape index (κ3) is 4.47. The van der Waals surface area contributed by atoms with E-state index in [4.69, 9.17) is 22.3 Å². The number of hydrogen-bond acceptors (Lipinski definition) is 7. The maximum absolute atomic E-state index is 13.3. The van der Waals surface area contributed by atoms with Gasteiger partial charge in [0.2, 0.25) is 0 Å². The fraction of sp³-hybridized carbons (Fsp3) is 0.250. The minimum Gasteiger partial charge on any atom is -0.381 e. The minimum absolute atomic E-state index is 0.100. The lowest BCUT2D eigenvalue weighted by Crippen LogP contribution is -2.46. The summed E-state index contributed by atoms with van der Waals surface area (Å²) in [5.74, 6) is 0.584. The number of aromatic nitrogens is 6. The van der Waals surface area contributed by atoms with Crippen LogP contribution < -0.4 is 21.5 Å². The Morgan fingerprint density at radius 1 is 1.15 bits per heavy atom. The van der Waals surface area contributed by atoms with Crippen molar-refractivity contribution in [2.24, 2.45) is 7.05 Å². The fourth-order valence-corrected chi connectivity index (χ4v) is 5.43. The zero-order chi connectivity index (χ0) is 28.0. The van der Waals surface area contributed by atoms with Crippen LogP contribution in [0.5, 0.6) is 0 Å². The highest BCUT2D eigenvalue weighted by atomic mass is 35.5. The Hall–Kier alpha value is -4.64. The third-order valence-corrected chi connectivity index (χ3v) is 7.83. The number of H-pyrrole nitrogens is 1. The highest BCUT2D eigenvalue weighted by molar-refractivity contribution is 6.32. The summed E-state index contributed by atoms with van der Waals surface area (Å²) in [6, 6.07) is 12.9. The molecule has 0 spiro atoms. The SMILES string of the molecule is Cc1c(C(=O)NC2CCN(c3nc(-c4ccc5cn[nH]c5c4)cnc3N)CC2)c(=O)n(-c2ccccc2Cl)n1C. The first-order valence-corrected chi connectivity index (χ1v) is 13.3. The molecule has 0 bridgehead atoms. The first-order valence-electron chi connectivity index (χ1n) is 13.0. The Balaban J connectivity index is 1.17. The van der Waals surface area contributed by atoms with Gasteiger partial charge in [-0.05, 0) is 38.0 Å². The van der Waals surface area contributed by atoms with E-state index in [1.807, 2.05) is 18.2 Å². The Morgan fingerprint density at radius 2 is 1.93 bits per heavy atom. The molecule has 12 heteroatoms. The summed E-state index contributed by atoms with van der Waals surface area (Å²) in [7, 11) is 1.74. The number of para-hydroxylation sites is 1. The van der Waals surface area contributed by atoms with Crippen LogP contribution in [0.1, 0.15) is 28.9 Å². The van der Waals surface area contributed by atoms with Crippen molar-refractivity contribution in [2.45, 2.75) is 25.8 Å². The van der Waals surface area contributed by atoms with E-state index in [0.717, 1.165) is 16.5 Å². The second kappa shape index (κ2) is 10.2. The Labute approximate surface area is 234 Å². The molecule has 4 N–H and O–H groups in total. The lowest BCUT2D eigenvalue weighted by atomic mass is 10.0. The van der Waals surface area contributed by atoms with E-state index in [1.165, 1.54) is 4.68 Å². The molecular formula is C28H28ClN9O2. The minimum atomic E-state index is -0.406. The number of anilines is 2. The van der Waals surface area contributed by atoms with E-state index >= 15 is 0 Å². The van der Waals surface area contributed by atoms with Crippen LogP contribution in [0.3, 0.4) is 0 Å². The molecule has 1 aliphatic heterocycles. The largest absolute Gasteiger partial charge is 0.381 e. The molecule has 0 aliphatic carbocycles. The number of amides is 1. The quantitative estimate of drug-likeness (QED) is 0.301. The number of carbonyl (C=O) groups excluding carboxylic acids is 1. The molecule has 3 aromatic heterocycles. The number of fused-ring (bicyclic) bond motifs is 1. The van der Waals surface area contributed by atoms with Gasteiger partial charge in [0.1, 0.15) is 5.56 Å². The number of benzene rings is 2. The summed E-state index contributed by atoms with van der Waals surface area (Å²) in [6.07, 6.45) is 4.78. The van der Waals surface area contributed by atoms with Gasteiger partial charge in [-0.1, -0.05) is 35.9 Å². The zero-order valence-corrected chi connectivity index (χ0v) is 22.8. The topological polar surface area (TPSA) is 140 Å². The number of halogens is 1. The molecular weight excluding hydrogens is 530 g/mol. The molecule has 1 fully saturated rings. The lowest BCUT2D eigenvalue weighted by Gasteiger charge is -2.33. The maximum Gasteiger partial charge on any atom is 0.284 e. The maximum atomic E-state index is 13.3. The Morgan fingerprint density at radius 3 is 2.70 bits per heavy atom. The van der Waals surface area contributed by atoms with E-state index in [2.05, 4.69) is 25.4 Å². The highest BCUT2D eigenvalue weighted by Gasteiger charge is 2.28. The molecule has 0 radical (unpaired) electrons. The number of hydrogen-bond donors (Lipinski definition) is 3. The third-order valence-electron chi connectivity index (χ3n) is 7.51. The molecule has 5 aromatic rings. The normalized spacial score (nSPS) is 14.1. The smallest absolute Gasteiger partial charge is 0.284 e. The number of piperidine rings is 1. The second-order valence-corrected chi connectivity index (χ2v) is 10.3. The molecule has 4 heterocycles. The van der Waals surface area contributed by atoms with Crippen molar-refractivity contribution in [3.63, 3.8) is 0 Å². The van der Waals surface area contributed by atoms with E-state index in [9.17, 15) is 9.59 Å². The number of nitrogen functional groups attached to an aromatic ring is 1. The van der Waals surface area contributed by atoms with E-state index in [0.29, 0.717) is 59.7 Å². The van der Waals surface area contributed by atoms with Crippen LogP contribution in [0.4, 0.5) is 11.6 Å². The van der Waals surface area contributed by atoms with Gasteiger partial charge in [0, 0.05) is 37.1 Å². The fourth-order valence-electron chi connectivity index (χ4n) is 5.21. The van der Waals surface area contributed by atoms with Crippen LogP contribution in [0, 0.1) is 6.92 Å². The van der Waals surface area contributed by atoms with Crippen molar-refractivity contribution in [3.8, 4) is 16.9 Å². The number of nitrogens with zero attached hydrogens (tertiary/aromatic N) is 6. The monoisotopic (exact) mass is 557 g/mol. The van der Waals surface area contributed by atoms with Crippen molar-refractivity contribution in [1.82, 2.24) is 34.8 Å². The molecule has 1 aliphatic rings. The zero-order valence-electron chi connectivity index (χ0n) is 22.1. The average Bonchev–Trinajstić information content (AvgIpc) is 3.51. The van der Waals surface area contributed by atoms with Crippen LogP contribution in [0.2, 0.25) is 5.02 Å². The van der Waals surface area contributed by atoms with Crippen molar-refractivity contribution in [1.29, 1.82) is 0 Å². The average molecular weight is 558 g/mol. The van der Waals surface area contributed by atoms with Gasteiger partial charge in [-0.25, -0.2) is 14.6 Å². The van der Waals surface area contributed by atoms with Gasteiger partial charge in [0.05, 0.1) is 40.0 Å². The van der Waals surface area contributed by atoms with Gasteiger partial charge in [-0.2, -0.15) is 5.10 Å². The van der Waals surface area contributed by atoms with Crippen LogP contribution in [0.15, 0.2) is 59.7 Å². The molecule has 0 saturated carbocycles. The van der Waals surface area contributed by atoms with Gasteiger partial charge in [-0.3, -0.25) is 19.4 Å². The van der Waals surface area contributed by atoms with E-state index in [-0.39, 0.29) is 11.6 Å². The van der Waals surface area contributed by atoms with Gasteiger partial charge < -0.3 is 16.0 Å². The van der Waals surface area contributed by atoms with Crippen molar-refractivity contribution in [2.75, 3.05) is 23.7 Å². The summed E-state index contributed by atoms with van der Waals surface area (Å²) in [5.41, 5.74) is 9.56. The molecule has 11 nitrogen and oxygen atoms in total. The summed E-state index contributed by atoms with van der Waals surface area (Å²) >= 11 is 6.34. The van der Waals surface area contributed by atoms with Gasteiger partial charge >= 0.3 is 0 Å². The number of aromatic amines is 1. The van der Waals surface area contributed by atoms with Crippen molar-refractivity contribution >= 4 is 40.0 Å². The number of rotatable bonds is 5. The predicted molar refractivity (Wildman–Crippen MR) is 155 cm³/mol. The van der Waals surface area contributed by atoms with Gasteiger partial charge in [0.25, 0.3) is 11.5 Å². The van der Waals surface area contributed by atoms with E-state index in [1.54, 1.807) is 55.3 Å². The molecule has 1 amide bonds. The Bertz CT molecular complexity index is 1800. The summed E-state index contributed by atoms with van der Waals surface area (Å²) in [5, 5.41) is 11.6. The lowest BCUT2D eigenvalue weighted by molar-refractivity contribution is 0.0929. The predicted octanol–water partition coefficient (Wildman–Crippen LogP) is 3.45. The molecule has 2 aromatic carbocycles. The number of nitrogens with one attached hydrogen (secondary N) is 2. The molecule has 6 rings (SSSR count).